The molecule has 8 heteroatoms. The molecule has 0 bridgehead atoms. The first-order valence-electron chi connectivity index (χ1n) is 9.89. The molecule has 1 unspecified atom stereocenters. The lowest BCUT2D eigenvalue weighted by Crippen LogP contribution is -2.49. The SMILES string of the molecule is Cn1c(C(O)C2CC2)nnc1N1CCCN(Cc2ccccc2)CC(F)(F)C1. The zero-order valence-corrected chi connectivity index (χ0v) is 16.1. The van der Waals surface area contributed by atoms with Crippen molar-refractivity contribution >= 4 is 5.95 Å². The summed E-state index contributed by atoms with van der Waals surface area (Å²) in [5, 5.41) is 18.6. The molecule has 1 saturated heterocycles. The summed E-state index contributed by atoms with van der Waals surface area (Å²) in [6, 6.07) is 9.73. The van der Waals surface area contributed by atoms with Crippen LogP contribution in [0.5, 0.6) is 0 Å². The second kappa shape index (κ2) is 7.75. The van der Waals surface area contributed by atoms with Gasteiger partial charge in [-0.3, -0.25) is 9.47 Å². The highest BCUT2D eigenvalue weighted by molar-refractivity contribution is 5.32. The van der Waals surface area contributed by atoms with Crippen LogP contribution in [-0.2, 0) is 13.6 Å². The number of nitrogens with zero attached hydrogens (tertiary/aromatic N) is 5. The van der Waals surface area contributed by atoms with Gasteiger partial charge in [-0.25, -0.2) is 8.78 Å². The predicted molar refractivity (Wildman–Crippen MR) is 102 cm³/mol. The molecule has 2 aromatic rings. The van der Waals surface area contributed by atoms with Crippen LogP contribution in [0, 0.1) is 5.92 Å². The van der Waals surface area contributed by atoms with Crippen LogP contribution in [0.25, 0.3) is 0 Å². The number of hydrogen-bond donors (Lipinski definition) is 1. The number of rotatable bonds is 5. The van der Waals surface area contributed by atoms with Gasteiger partial charge in [-0.1, -0.05) is 30.3 Å². The van der Waals surface area contributed by atoms with E-state index in [1.807, 2.05) is 35.2 Å². The summed E-state index contributed by atoms with van der Waals surface area (Å²) in [5.74, 6) is -1.77. The third-order valence-corrected chi connectivity index (χ3v) is 5.53. The topological polar surface area (TPSA) is 57.4 Å². The van der Waals surface area contributed by atoms with Gasteiger partial charge in [0.25, 0.3) is 5.92 Å². The van der Waals surface area contributed by atoms with Gasteiger partial charge in [0.2, 0.25) is 5.95 Å². The van der Waals surface area contributed by atoms with Crippen LogP contribution in [0.15, 0.2) is 30.3 Å². The van der Waals surface area contributed by atoms with Crippen molar-refractivity contribution in [3.8, 4) is 0 Å². The van der Waals surface area contributed by atoms with Crippen LogP contribution >= 0.6 is 0 Å². The van der Waals surface area contributed by atoms with Crippen LogP contribution in [0.1, 0.15) is 36.8 Å². The number of anilines is 1. The van der Waals surface area contributed by atoms with Crippen molar-refractivity contribution in [1.29, 1.82) is 0 Å². The minimum absolute atomic E-state index is 0.219. The van der Waals surface area contributed by atoms with Crippen molar-refractivity contribution < 1.29 is 13.9 Å². The van der Waals surface area contributed by atoms with Crippen molar-refractivity contribution in [2.45, 2.75) is 37.8 Å². The second-order valence-corrected chi connectivity index (χ2v) is 8.03. The van der Waals surface area contributed by atoms with E-state index < -0.39 is 18.6 Å². The molecule has 1 aliphatic heterocycles. The summed E-state index contributed by atoms with van der Waals surface area (Å²) >= 11 is 0. The fourth-order valence-corrected chi connectivity index (χ4v) is 3.94. The Hall–Kier alpha value is -2.06. The quantitative estimate of drug-likeness (QED) is 0.849. The van der Waals surface area contributed by atoms with Crippen molar-refractivity contribution in [3.63, 3.8) is 0 Å². The Morgan fingerprint density at radius 2 is 1.89 bits per heavy atom. The molecule has 1 atom stereocenters. The first-order valence-corrected chi connectivity index (χ1v) is 9.89. The van der Waals surface area contributed by atoms with Gasteiger partial charge in [-0.15, -0.1) is 10.2 Å². The predicted octanol–water partition coefficient (Wildman–Crippen LogP) is 2.61. The van der Waals surface area contributed by atoms with E-state index in [1.54, 1.807) is 16.5 Å². The Morgan fingerprint density at radius 3 is 2.61 bits per heavy atom. The lowest BCUT2D eigenvalue weighted by molar-refractivity contribution is -0.0321. The maximum atomic E-state index is 14.8. The van der Waals surface area contributed by atoms with Crippen LogP contribution in [0.3, 0.4) is 0 Å². The maximum absolute atomic E-state index is 14.8. The maximum Gasteiger partial charge on any atom is 0.277 e. The molecule has 1 aromatic carbocycles. The first-order chi connectivity index (χ1) is 13.4. The summed E-state index contributed by atoms with van der Waals surface area (Å²) in [6.07, 6.45) is 2.05. The Bertz CT molecular complexity index is 793. The van der Waals surface area contributed by atoms with E-state index in [1.165, 1.54) is 0 Å². The molecule has 0 radical (unpaired) electrons. The summed E-state index contributed by atoms with van der Waals surface area (Å²) in [4.78, 5) is 3.43. The minimum Gasteiger partial charge on any atom is -0.385 e. The van der Waals surface area contributed by atoms with Crippen LogP contribution in [0.4, 0.5) is 14.7 Å². The average Bonchev–Trinajstić information content (AvgIpc) is 3.42. The minimum atomic E-state index is -2.86. The second-order valence-electron chi connectivity index (χ2n) is 8.03. The van der Waals surface area contributed by atoms with E-state index in [-0.39, 0.29) is 12.5 Å². The van der Waals surface area contributed by atoms with E-state index in [4.69, 9.17) is 0 Å². The molecule has 6 nitrogen and oxygen atoms in total. The zero-order chi connectivity index (χ0) is 19.7. The van der Waals surface area contributed by atoms with Gasteiger partial charge in [0.15, 0.2) is 5.82 Å². The molecule has 152 valence electrons. The lowest BCUT2D eigenvalue weighted by atomic mass is 10.1. The highest BCUT2D eigenvalue weighted by atomic mass is 19.3. The molecule has 1 aliphatic carbocycles. The van der Waals surface area contributed by atoms with E-state index in [2.05, 4.69) is 10.2 Å². The summed E-state index contributed by atoms with van der Waals surface area (Å²) in [7, 11) is 1.74. The average molecular weight is 391 g/mol. The molecule has 1 aromatic heterocycles. The number of aromatic nitrogens is 3. The molecular formula is C20H27F2N5O. The molecule has 28 heavy (non-hydrogen) atoms. The summed E-state index contributed by atoms with van der Waals surface area (Å²) < 4.78 is 31.2. The Balaban J connectivity index is 1.46. The third kappa shape index (κ3) is 4.33. The van der Waals surface area contributed by atoms with Gasteiger partial charge in [0, 0.05) is 26.7 Å². The van der Waals surface area contributed by atoms with Gasteiger partial charge in [-0.2, -0.15) is 0 Å². The monoisotopic (exact) mass is 391 g/mol. The number of hydrogen-bond acceptors (Lipinski definition) is 5. The molecular weight excluding hydrogens is 364 g/mol. The van der Waals surface area contributed by atoms with E-state index >= 15 is 0 Å². The number of benzene rings is 1. The summed E-state index contributed by atoms with van der Waals surface area (Å²) in [5.41, 5.74) is 1.04. The van der Waals surface area contributed by atoms with Gasteiger partial charge >= 0.3 is 0 Å². The van der Waals surface area contributed by atoms with Crippen LogP contribution < -0.4 is 4.90 Å². The third-order valence-electron chi connectivity index (χ3n) is 5.53. The molecule has 1 N–H and O–H groups in total. The molecule has 2 heterocycles. The standard InChI is InChI=1S/C20H27F2N5O/c1-25-18(17(28)16-8-9-16)23-24-19(25)27-11-5-10-26(13-20(21,22)14-27)12-15-6-3-2-4-7-15/h2-4,6-7,16-17,28H,5,8-14H2,1H3. The highest BCUT2D eigenvalue weighted by Crippen LogP contribution is 2.40. The molecule has 2 fully saturated rings. The normalized spacial score (nSPS) is 21.9. The highest BCUT2D eigenvalue weighted by Gasteiger charge is 2.38. The van der Waals surface area contributed by atoms with Crippen molar-refractivity contribution in [3.05, 3.63) is 41.7 Å². The largest absolute Gasteiger partial charge is 0.385 e. The van der Waals surface area contributed by atoms with Gasteiger partial charge in [0.1, 0.15) is 6.10 Å². The lowest BCUT2D eigenvalue weighted by Gasteiger charge is -2.35. The zero-order valence-electron chi connectivity index (χ0n) is 16.1. The number of halogens is 2. The molecule has 4 rings (SSSR count). The van der Waals surface area contributed by atoms with Gasteiger partial charge < -0.3 is 10.0 Å². The van der Waals surface area contributed by atoms with E-state index in [0.29, 0.717) is 31.4 Å². The molecule has 1 saturated carbocycles. The number of aliphatic hydroxyl groups excluding tert-OH is 1. The Labute approximate surface area is 163 Å². The number of alkyl halides is 2. The van der Waals surface area contributed by atoms with Crippen molar-refractivity contribution in [2.75, 3.05) is 31.1 Å². The first kappa shape index (κ1) is 19.3. The smallest absolute Gasteiger partial charge is 0.277 e. The summed E-state index contributed by atoms with van der Waals surface area (Å²) in [6.45, 7) is 0.915. The van der Waals surface area contributed by atoms with E-state index in [9.17, 15) is 13.9 Å². The van der Waals surface area contributed by atoms with Crippen molar-refractivity contribution in [1.82, 2.24) is 19.7 Å². The molecule has 0 amide bonds. The van der Waals surface area contributed by atoms with Crippen LogP contribution in [0.2, 0.25) is 0 Å². The Kier molecular flexibility index (Phi) is 5.33. The van der Waals surface area contributed by atoms with E-state index in [0.717, 1.165) is 24.8 Å². The Morgan fingerprint density at radius 1 is 1.14 bits per heavy atom. The number of aliphatic hydroxyl groups is 1. The van der Waals surface area contributed by atoms with Crippen LogP contribution in [-0.4, -0.2) is 56.9 Å². The van der Waals surface area contributed by atoms with Gasteiger partial charge in [0.05, 0.1) is 13.1 Å². The fraction of sp³-hybridized carbons (Fsp3) is 0.600. The van der Waals surface area contributed by atoms with Gasteiger partial charge in [-0.05, 0) is 30.7 Å². The molecule has 0 spiro atoms. The molecule has 2 aliphatic rings. The fourth-order valence-electron chi connectivity index (χ4n) is 3.94. The van der Waals surface area contributed by atoms with Crippen molar-refractivity contribution in [2.24, 2.45) is 13.0 Å².